The molecule has 2 aliphatic rings. The van der Waals surface area contributed by atoms with Gasteiger partial charge in [-0.1, -0.05) is 18.2 Å². The highest BCUT2D eigenvalue weighted by Gasteiger charge is 2.46. The summed E-state index contributed by atoms with van der Waals surface area (Å²) in [4.78, 5) is 48.0. The van der Waals surface area contributed by atoms with Gasteiger partial charge in [0.1, 0.15) is 12.6 Å². The summed E-state index contributed by atoms with van der Waals surface area (Å²) in [5, 5.41) is 10.9. The fourth-order valence-corrected chi connectivity index (χ4v) is 2.87. The van der Waals surface area contributed by atoms with Crippen LogP contribution in [0.25, 0.3) is 0 Å². The minimum Gasteiger partial charge on any atom is -0.480 e. The quantitative estimate of drug-likeness (QED) is 0.758. The Kier molecular flexibility index (Phi) is 3.73. The Hall–Kier alpha value is -2.90. The van der Waals surface area contributed by atoms with Crippen LogP contribution in [0.3, 0.4) is 0 Å². The van der Waals surface area contributed by atoms with Crippen LogP contribution < -0.4 is 5.32 Å². The molecular weight excluding hydrogens is 304 g/mol. The molecule has 2 heterocycles. The van der Waals surface area contributed by atoms with Gasteiger partial charge in [0, 0.05) is 12.0 Å². The van der Waals surface area contributed by atoms with Gasteiger partial charge in [-0.15, -0.1) is 0 Å². The Bertz CT molecular complexity index is 701. The molecule has 8 nitrogen and oxygen atoms in total. The van der Waals surface area contributed by atoms with E-state index in [9.17, 15) is 19.2 Å². The van der Waals surface area contributed by atoms with Crippen molar-refractivity contribution in [1.29, 1.82) is 0 Å². The summed E-state index contributed by atoms with van der Waals surface area (Å²) < 4.78 is 5.26. The zero-order valence-corrected chi connectivity index (χ0v) is 12.0. The van der Waals surface area contributed by atoms with Gasteiger partial charge in [0.2, 0.25) is 18.0 Å². The Morgan fingerprint density at radius 3 is 2.78 bits per heavy atom. The first-order valence-electron chi connectivity index (χ1n) is 7.09. The number of cyclic esters (lactones) is 1. The summed E-state index contributed by atoms with van der Waals surface area (Å²) >= 11 is 0. The van der Waals surface area contributed by atoms with Crippen LogP contribution in [0.15, 0.2) is 24.3 Å². The van der Waals surface area contributed by atoms with Gasteiger partial charge in [0.15, 0.2) is 0 Å². The molecule has 0 bridgehead atoms. The standard InChI is InChI=1S/C15H14N2O6/c18-11-6-5-10(13(21)16-7-12(19)20)17(11)14-8-3-1-2-4-9(8)15(22)23-14/h1-4,10,14H,5-7H2,(H,16,21)(H,19,20)/t10-,14-/m0/s1. The Morgan fingerprint density at radius 1 is 1.30 bits per heavy atom. The summed E-state index contributed by atoms with van der Waals surface area (Å²) in [6, 6.07) is 5.81. The topological polar surface area (TPSA) is 113 Å². The maximum Gasteiger partial charge on any atom is 0.340 e. The van der Waals surface area contributed by atoms with E-state index in [0.29, 0.717) is 11.1 Å². The predicted octanol–water partition coefficient (Wildman–Crippen LogP) is 0.0474. The molecule has 0 saturated carbocycles. The number of nitrogens with zero attached hydrogens (tertiary/aromatic N) is 1. The molecule has 0 aliphatic carbocycles. The molecular formula is C15H14N2O6. The number of aliphatic carboxylic acids is 1. The van der Waals surface area contributed by atoms with Crippen LogP contribution in [0.4, 0.5) is 0 Å². The second-order valence-electron chi connectivity index (χ2n) is 5.31. The molecule has 2 N–H and O–H groups in total. The van der Waals surface area contributed by atoms with Crippen molar-refractivity contribution in [1.82, 2.24) is 10.2 Å². The monoisotopic (exact) mass is 318 g/mol. The molecule has 23 heavy (non-hydrogen) atoms. The molecule has 1 fully saturated rings. The number of likely N-dealkylation sites (tertiary alicyclic amines) is 1. The first kappa shape index (κ1) is 15.0. The lowest BCUT2D eigenvalue weighted by Crippen LogP contribution is -2.47. The number of hydrogen-bond acceptors (Lipinski definition) is 5. The third kappa shape index (κ3) is 2.63. The number of carboxylic acid groups (broad SMARTS) is 1. The number of carbonyl (C=O) groups is 4. The van der Waals surface area contributed by atoms with Crippen molar-refractivity contribution in [2.45, 2.75) is 25.1 Å². The van der Waals surface area contributed by atoms with Crippen molar-refractivity contribution < 1.29 is 29.0 Å². The summed E-state index contributed by atoms with van der Waals surface area (Å²) in [5.41, 5.74) is 0.894. The number of rotatable bonds is 4. The molecule has 0 spiro atoms. The molecule has 0 aromatic heterocycles. The molecule has 2 atom stereocenters. The number of ether oxygens (including phenoxy) is 1. The van der Waals surface area contributed by atoms with E-state index in [2.05, 4.69) is 5.32 Å². The normalized spacial score (nSPS) is 22.7. The van der Waals surface area contributed by atoms with Crippen LogP contribution in [0, 0.1) is 0 Å². The molecule has 2 aliphatic heterocycles. The largest absolute Gasteiger partial charge is 0.480 e. The Morgan fingerprint density at radius 2 is 2.04 bits per heavy atom. The number of hydrogen-bond donors (Lipinski definition) is 2. The van der Waals surface area contributed by atoms with Gasteiger partial charge in [-0.05, 0) is 12.5 Å². The molecule has 1 saturated heterocycles. The third-order valence-corrected chi connectivity index (χ3v) is 3.89. The number of carboxylic acids is 1. The van der Waals surface area contributed by atoms with Gasteiger partial charge in [0.25, 0.3) is 0 Å². The summed E-state index contributed by atoms with van der Waals surface area (Å²) in [6.07, 6.45) is -0.559. The highest BCUT2D eigenvalue weighted by molar-refractivity contribution is 5.96. The lowest BCUT2D eigenvalue weighted by atomic mass is 10.1. The SMILES string of the molecule is O=C(O)CNC(=O)[C@@H]1CCC(=O)N1[C@H]1OC(=O)c2ccccc21. The summed E-state index contributed by atoms with van der Waals surface area (Å²) in [5.74, 6) is -2.60. The van der Waals surface area contributed by atoms with Crippen LogP contribution in [0.5, 0.6) is 0 Å². The van der Waals surface area contributed by atoms with Gasteiger partial charge < -0.3 is 15.2 Å². The van der Waals surface area contributed by atoms with Crippen molar-refractivity contribution in [2.75, 3.05) is 6.54 Å². The zero-order chi connectivity index (χ0) is 16.6. The van der Waals surface area contributed by atoms with E-state index >= 15 is 0 Å². The highest BCUT2D eigenvalue weighted by atomic mass is 16.6. The van der Waals surface area contributed by atoms with Gasteiger partial charge >= 0.3 is 11.9 Å². The van der Waals surface area contributed by atoms with Gasteiger partial charge in [0.05, 0.1) is 5.56 Å². The van der Waals surface area contributed by atoms with Gasteiger partial charge in [-0.2, -0.15) is 0 Å². The number of fused-ring (bicyclic) bond motifs is 1. The molecule has 1 aromatic carbocycles. The zero-order valence-electron chi connectivity index (χ0n) is 12.0. The van der Waals surface area contributed by atoms with Gasteiger partial charge in [-0.3, -0.25) is 19.3 Å². The average Bonchev–Trinajstić information content (AvgIpc) is 3.06. The highest BCUT2D eigenvalue weighted by Crippen LogP contribution is 2.38. The van der Waals surface area contributed by atoms with Crippen LogP contribution in [0.1, 0.15) is 35.0 Å². The summed E-state index contributed by atoms with van der Waals surface area (Å²) in [7, 11) is 0. The second-order valence-corrected chi connectivity index (χ2v) is 5.31. The number of nitrogens with one attached hydrogen (secondary N) is 1. The minimum absolute atomic E-state index is 0.140. The third-order valence-electron chi connectivity index (χ3n) is 3.89. The number of benzene rings is 1. The molecule has 3 rings (SSSR count). The van der Waals surface area contributed by atoms with E-state index in [-0.39, 0.29) is 18.7 Å². The smallest absolute Gasteiger partial charge is 0.340 e. The molecule has 8 heteroatoms. The second kappa shape index (κ2) is 5.71. The van der Waals surface area contributed by atoms with Crippen LogP contribution >= 0.6 is 0 Å². The number of esters is 1. The molecule has 120 valence electrons. The lowest BCUT2D eigenvalue weighted by molar-refractivity contribution is -0.146. The van der Waals surface area contributed by atoms with Gasteiger partial charge in [-0.25, -0.2) is 4.79 Å². The van der Waals surface area contributed by atoms with Crippen molar-refractivity contribution in [2.24, 2.45) is 0 Å². The van der Waals surface area contributed by atoms with E-state index in [0.717, 1.165) is 0 Å². The minimum atomic E-state index is -1.17. The van der Waals surface area contributed by atoms with Crippen molar-refractivity contribution in [3.05, 3.63) is 35.4 Å². The van der Waals surface area contributed by atoms with E-state index in [1.54, 1.807) is 24.3 Å². The first-order valence-corrected chi connectivity index (χ1v) is 7.09. The first-order chi connectivity index (χ1) is 11.0. The summed E-state index contributed by atoms with van der Waals surface area (Å²) in [6.45, 7) is -0.529. The molecule has 2 amide bonds. The number of amides is 2. The molecule has 1 aromatic rings. The van der Waals surface area contributed by atoms with Crippen molar-refractivity contribution in [3.63, 3.8) is 0 Å². The maximum atomic E-state index is 12.2. The van der Waals surface area contributed by atoms with E-state index in [1.165, 1.54) is 4.90 Å². The molecule has 0 unspecified atom stereocenters. The van der Waals surface area contributed by atoms with Crippen LogP contribution in [-0.2, 0) is 19.1 Å². The fourth-order valence-electron chi connectivity index (χ4n) is 2.87. The number of carbonyl (C=O) groups excluding carboxylic acids is 3. The van der Waals surface area contributed by atoms with Crippen molar-refractivity contribution in [3.8, 4) is 0 Å². The van der Waals surface area contributed by atoms with Crippen LogP contribution in [-0.4, -0.2) is 46.3 Å². The Labute approximate surface area is 131 Å². The van der Waals surface area contributed by atoms with E-state index in [4.69, 9.17) is 9.84 Å². The fraction of sp³-hybridized carbons (Fsp3) is 0.333. The predicted molar refractivity (Wildman–Crippen MR) is 75.1 cm³/mol. The van der Waals surface area contributed by atoms with E-state index < -0.39 is 36.7 Å². The average molecular weight is 318 g/mol. The van der Waals surface area contributed by atoms with Crippen LogP contribution in [0.2, 0.25) is 0 Å². The lowest BCUT2D eigenvalue weighted by Gasteiger charge is -2.29. The molecule has 0 radical (unpaired) electrons. The van der Waals surface area contributed by atoms with E-state index in [1.807, 2.05) is 0 Å². The Balaban J connectivity index is 1.85. The van der Waals surface area contributed by atoms with Crippen molar-refractivity contribution >= 4 is 23.8 Å². The maximum absolute atomic E-state index is 12.2.